The zero-order valence-electron chi connectivity index (χ0n) is 11.8. The normalized spacial score (nSPS) is 11.6. The Morgan fingerprint density at radius 2 is 1.76 bits per heavy atom. The predicted octanol–water partition coefficient (Wildman–Crippen LogP) is 2.72. The standard InChI is InChI=1S/C17H19N3O/c18-11-6-12-20(14-7-2-1-3-8-14)13-17(21)15-9-4-5-10-16(15)19/h1-5,7-10,17,21H,6,12-13,19H2. The Morgan fingerprint density at radius 1 is 1.10 bits per heavy atom. The topological polar surface area (TPSA) is 73.3 Å². The van der Waals surface area contributed by atoms with Crippen LogP contribution in [0.4, 0.5) is 11.4 Å². The van der Waals surface area contributed by atoms with E-state index in [4.69, 9.17) is 11.0 Å². The summed E-state index contributed by atoms with van der Waals surface area (Å²) in [6.45, 7) is 0.976. The maximum atomic E-state index is 10.4. The van der Waals surface area contributed by atoms with Crippen LogP contribution in [0, 0.1) is 11.3 Å². The lowest BCUT2D eigenvalue weighted by atomic mass is 10.1. The molecule has 0 heterocycles. The van der Waals surface area contributed by atoms with Crippen LogP contribution >= 0.6 is 0 Å². The van der Waals surface area contributed by atoms with E-state index < -0.39 is 6.10 Å². The van der Waals surface area contributed by atoms with Crippen molar-refractivity contribution in [1.29, 1.82) is 5.26 Å². The Morgan fingerprint density at radius 3 is 2.43 bits per heavy atom. The molecular formula is C17H19N3O. The van der Waals surface area contributed by atoms with Gasteiger partial charge in [0.25, 0.3) is 0 Å². The second kappa shape index (κ2) is 7.32. The molecule has 0 radical (unpaired) electrons. The number of benzene rings is 2. The third-order valence-corrected chi connectivity index (χ3v) is 3.36. The van der Waals surface area contributed by atoms with Crippen molar-refractivity contribution in [1.82, 2.24) is 0 Å². The molecule has 0 amide bonds. The molecule has 1 unspecified atom stereocenters. The SMILES string of the molecule is N#CCCN(CC(O)c1ccccc1N)c1ccccc1. The fourth-order valence-corrected chi connectivity index (χ4v) is 2.27. The number of para-hydroxylation sites is 2. The van der Waals surface area contributed by atoms with Crippen molar-refractivity contribution in [3.05, 3.63) is 60.2 Å². The van der Waals surface area contributed by atoms with Crippen LogP contribution < -0.4 is 10.6 Å². The molecular weight excluding hydrogens is 262 g/mol. The first-order valence-corrected chi connectivity index (χ1v) is 6.92. The number of rotatable bonds is 6. The molecule has 0 aliphatic rings. The smallest absolute Gasteiger partial charge is 0.0984 e. The summed E-state index contributed by atoms with van der Waals surface area (Å²) in [7, 11) is 0. The van der Waals surface area contributed by atoms with Crippen molar-refractivity contribution in [2.24, 2.45) is 0 Å². The summed E-state index contributed by atoms with van der Waals surface area (Å²) in [5.41, 5.74) is 8.19. The van der Waals surface area contributed by atoms with Gasteiger partial charge in [-0.05, 0) is 18.2 Å². The molecule has 0 bridgehead atoms. The van der Waals surface area contributed by atoms with Gasteiger partial charge in [0.05, 0.1) is 18.6 Å². The maximum Gasteiger partial charge on any atom is 0.0984 e. The molecule has 2 rings (SSSR count). The van der Waals surface area contributed by atoms with Gasteiger partial charge in [0.2, 0.25) is 0 Å². The van der Waals surface area contributed by atoms with Gasteiger partial charge < -0.3 is 15.7 Å². The summed E-state index contributed by atoms with van der Waals surface area (Å²) in [5, 5.41) is 19.2. The highest BCUT2D eigenvalue weighted by atomic mass is 16.3. The van der Waals surface area contributed by atoms with E-state index >= 15 is 0 Å². The van der Waals surface area contributed by atoms with Crippen LogP contribution in [0.3, 0.4) is 0 Å². The van der Waals surface area contributed by atoms with E-state index in [1.165, 1.54) is 0 Å². The van der Waals surface area contributed by atoms with Gasteiger partial charge in [-0.2, -0.15) is 5.26 Å². The first-order chi connectivity index (χ1) is 10.2. The number of anilines is 2. The van der Waals surface area contributed by atoms with E-state index in [1.54, 1.807) is 6.07 Å². The zero-order valence-corrected chi connectivity index (χ0v) is 11.8. The summed E-state index contributed by atoms with van der Waals surface area (Å²) < 4.78 is 0. The average molecular weight is 281 g/mol. The lowest BCUT2D eigenvalue weighted by Crippen LogP contribution is -2.29. The third kappa shape index (κ3) is 3.98. The quantitative estimate of drug-likeness (QED) is 0.798. The van der Waals surface area contributed by atoms with Gasteiger partial charge in [0.15, 0.2) is 0 Å². The van der Waals surface area contributed by atoms with E-state index in [-0.39, 0.29) is 0 Å². The van der Waals surface area contributed by atoms with Crippen LogP contribution in [0.25, 0.3) is 0 Å². The highest BCUT2D eigenvalue weighted by Crippen LogP contribution is 2.23. The van der Waals surface area contributed by atoms with Gasteiger partial charge in [-0.15, -0.1) is 0 Å². The molecule has 0 aliphatic heterocycles. The van der Waals surface area contributed by atoms with E-state index in [9.17, 15) is 5.11 Å². The second-order valence-corrected chi connectivity index (χ2v) is 4.83. The minimum Gasteiger partial charge on any atom is -0.398 e. The molecule has 0 aromatic heterocycles. The molecule has 4 nitrogen and oxygen atoms in total. The molecule has 3 N–H and O–H groups in total. The summed E-state index contributed by atoms with van der Waals surface area (Å²) in [4.78, 5) is 2.00. The minimum atomic E-state index is -0.690. The fraction of sp³-hybridized carbons (Fsp3) is 0.235. The third-order valence-electron chi connectivity index (χ3n) is 3.36. The Hall–Kier alpha value is -2.51. The van der Waals surface area contributed by atoms with Gasteiger partial charge >= 0.3 is 0 Å². The predicted molar refractivity (Wildman–Crippen MR) is 84.7 cm³/mol. The first kappa shape index (κ1) is 14.9. The van der Waals surface area contributed by atoms with Crippen LogP contribution in [0.5, 0.6) is 0 Å². The van der Waals surface area contributed by atoms with E-state index in [0.717, 1.165) is 11.3 Å². The molecule has 2 aromatic carbocycles. The number of nitrogens with zero attached hydrogens (tertiary/aromatic N) is 2. The molecule has 2 aromatic rings. The number of aliphatic hydroxyl groups is 1. The molecule has 0 aliphatic carbocycles. The van der Waals surface area contributed by atoms with Gasteiger partial charge in [0, 0.05) is 30.0 Å². The molecule has 0 saturated carbocycles. The van der Waals surface area contributed by atoms with Crippen LogP contribution in [-0.4, -0.2) is 18.2 Å². The Bertz CT molecular complexity index is 607. The zero-order chi connectivity index (χ0) is 15.1. The minimum absolute atomic E-state index is 0.403. The second-order valence-electron chi connectivity index (χ2n) is 4.83. The lowest BCUT2D eigenvalue weighted by molar-refractivity contribution is 0.184. The van der Waals surface area contributed by atoms with Gasteiger partial charge in [0.1, 0.15) is 0 Å². The number of nitrogen functional groups attached to an aromatic ring is 1. The molecule has 0 fully saturated rings. The van der Waals surface area contributed by atoms with E-state index in [1.807, 2.05) is 53.4 Å². The Labute approximate surface area is 125 Å². The van der Waals surface area contributed by atoms with Crippen molar-refractivity contribution >= 4 is 11.4 Å². The van der Waals surface area contributed by atoms with Crippen LogP contribution in [0.2, 0.25) is 0 Å². The number of nitrogens with two attached hydrogens (primary N) is 1. The van der Waals surface area contributed by atoms with Gasteiger partial charge in [-0.25, -0.2) is 0 Å². The largest absolute Gasteiger partial charge is 0.398 e. The van der Waals surface area contributed by atoms with E-state index in [2.05, 4.69) is 6.07 Å². The number of aliphatic hydroxyl groups excluding tert-OH is 1. The maximum absolute atomic E-state index is 10.4. The summed E-state index contributed by atoms with van der Waals surface area (Å²) in [6, 6.07) is 19.2. The van der Waals surface area contributed by atoms with Crippen molar-refractivity contribution < 1.29 is 5.11 Å². The average Bonchev–Trinajstić information content (AvgIpc) is 2.52. The highest BCUT2D eigenvalue weighted by Gasteiger charge is 2.15. The van der Waals surface area contributed by atoms with Crippen molar-refractivity contribution in [3.63, 3.8) is 0 Å². The Balaban J connectivity index is 2.15. The van der Waals surface area contributed by atoms with Gasteiger partial charge in [-0.1, -0.05) is 36.4 Å². The van der Waals surface area contributed by atoms with E-state index in [0.29, 0.717) is 25.2 Å². The number of nitriles is 1. The first-order valence-electron chi connectivity index (χ1n) is 6.92. The monoisotopic (exact) mass is 281 g/mol. The van der Waals surface area contributed by atoms with Gasteiger partial charge in [-0.3, -0.25) is 0 Å². The highest BCUT2D eigenvalue weighted by molar-refractivity contribution is 5.50. The molecule has 4 heteroatoms. The van der Waals surface area contributed by atoms with Crippen molar-refractivity contribution in [2.45, 2.75) is 12.5 Å². The van der Waals surface area contributed by atoms with Crippen molar-refractivity contribution in [2.75, 3.05) is 23.7 Å². The van der Waals surface area contributed by atoms with Crippen LogP contribution in [0.15, 0.2) is 54.6 Å². The lowest BCUT2D eigenvalue weighted by Gasteiger charge is -2.27. The molecule has 0 spiro atoms. The summed E-state index contributed by atoms with van der Waals surface area (Å²) >= 11 is 0. The van der Waals surface area contributed by atoms with Crippen LogP contribution in [0.1, 0.15) is 18.1 Å². The molecule has 21 heavy (non-hydrogen) atoms. The fourth-order valence-electron chi connectivity index (χ4n) is 2.27. The van der Waals surface area contributed by atoms with Crippen LogP contribution in [-0.2, 0) is 0 Å². The molecule has 1 atom stereocenters. The summed E-state index contributed by atoms with van der Waals surface area (Å²) in [6.07, 6.45) is -0.281. The molecule has 108 valence electrons. The number of hydrogen-bond acceptors (Lipinski definition) is 4. The number of hydrogen-bond donors (Lipinski definition) is 2. The van der Waals surface area contributed by atoms with Crippen molar-refractivity contribution in [3.8, 4) is 6.07 Å². The Kier molecular flexibility index (Phi) is 5.19. The summed E-state index contributed by atoms with van der Waals surface area (Å²) in [5.74, 6) is 0. The molecule has 0 saturated heterocycles.